The zero-order valence-corrected chi connectivity index (χ0v) is 11.1. The van der Waals surface area contributed by atoms with Crippen molar-refractivity contribution in [2.45, 2.75) is 18.9 Å². The molecule has 0 aliphatic carbocycles. The van der Waals surface area contributed by atoms with Crippen LogP contribution >= 0.6 is 15.9 Å². The number of benzene rings is 1. The van der Waals surface area contributed by atoms with Crippen LogP contribution in [0.1, 0.15) is 12.8 Å². The Morgan fingerprint density at radius 2 is 2.33 bits per heavy atom. The number of hydrogen-bond acceptors (Lipinski definition) is 4. The summed E-state index contributed by atoms with van der Waals surface area (Å²) in [5.41, 5.74) is 0.0463. The molecule has 1 heterocycles. The average Bonchev–Trinajstić information content (AvgIpc) is 2.34. The molecule has 0 amide bonds. The number of nitro benzene ring substituents is 1. The molecule has 7 heteroatoms. The van der Waals surface area contributed by atoms with Gasteiger partial charge in [-0.2, -0.15) is 0 Å². The van der Waals surface area contributed by atoms with Gasteiger partial charge in [-0.05, 0) is 28.8 Å². The second-order valence-corrected chi connectivity index (χ2v) is 4.95. The Bertz CT molecular complexity index is 464. The van der Waals surface area contributed by atoms with Gasteiger partial charge in [0.25, 0.3) is 5.69 Å². The molecule has 1 aliphatic rings. The molecular formula is C11H12BrFN2O3. The first-order chi connectivity index (χ1) is 8.58. The molecule has 1 fully saturated rings. The van der Waals surface area contributed by atoms with Gasteiger partial charge in [0, 0.05) is 24.8 Å². The Balaban J connectivity index is 2.24. The Kier molecular flexibility index (Phi) is 4.13. The van der Waals surface area contributed by atoms with Crippen molar-refractivity contribution in [3.8, 4) is 0 Å². The molecule has 0 aromatic heterocycles. The van der Waals surface area contributed by atoms with Gasteiger partial charge < -0.3 is 10.1 Å². The molecule has 0 saturated carbocycles. The van der Waals surface area contributed by atoms with Gasteiger partial charge in [0.1, 0.15) is 11.5 Å². The Morgan fingerprint density at radius 3 is 2.94 bits per heavy atom. The smallest absolute Gasteiger partial charge is 0.293 e. The maximum atomic E-state index is 13.4. The van der Waals surface area contributed by atoms with Crippen LogP contribution < -0.4 is 5.32 Å². The molecule has 1 aromatic rings. The maximum absolute atomic E-state index is 13.4. The summed E-state index contributed by atoms with van der Waals surface area (Å²) in [6.45, 7) is 1.18. The fourth-order valence-electron chi connectivity index (χ4n) is 1.88. The molecule has 0 bridgehead atoms. The van der Waals surface area contributed by atoms with Gasteiger partial charge in [-0.25, -0.2) is 4.39 Å². The predicted octanol–water partition coefficient (Wildman–Crippen LogP) is 3.09. The summed E-state index contributed by atoms with van der Waals surface area (Å²) in [5, 5.41) is 13.9. The van der Waals surface area contributed by atoms with E-state index < -0.39 is 10.7 Å². The maximum Gasteiger partial charge on any atom is 0.293 e. The molecule has 1 unspecified atom stereocenters. The van der Waals surface area contributed by atoms with E-state index in [4.69, 9.17) is 4.74 Å². The number of anilines is 1. The third-order valence-electron chi connectivity index (χ3n) is 2.76. The summed E-state index contributed by atoms with van der Waals surface area (Å²) in [5.74, 6) is -0.528. The highest BCUT2D eigenvalue weighted by Crippen LogP contribution is 2.31. The highest BCUT2D eigenvalue weighted by atomic mass is 79.9. The molecule has 1 atom stereocenters. The van der Waals surface area contributed by atoms with E-state index in [-0.39, 0.29) is 21.9 Å². The minimum atomic E-state index is -0.532. The highest BCUT2D eigenvalue weighted by molar-refractivity contribution is 9.10. The van der Waals surface area contributed by atoms with E-state index in [0.717, 1.165) is 18.9 Å². The number of nitrogens with one attached hydrogen (secondary N) is 1. The van der Waals surface area contributed by atoms with Crippen molar-refractivity contribution in [1.82, 2.24) is 0 Å². The monoisotopic (exact) mass is 318 g/mol. The van der Waals surface area contributed by atoms with Crippen LogP contribution in [0.2, 0.25) is 0 Å². The first kappa shape index (κ1) is 13.2. The highest BCUT2D eigenvalue weighted by Gasteiger charge is 2.21. The molecule has 5 nitrogen and oxygen atoms in total. The molecule has 1 aromatic carbocycles. The van der Waals surface area contributed by atoms with E-state index >= 15 is 0 Å². The second kappa shape index (κ2) is 5.62. The standard InChI is InChI=1S/C11H12BrFN2O3/c12-8-4-11(15(16)17)10(5-9(8)13)14-7-2-1-3-18-6-7/h4-5,7,14H,1-3,6H2. The quantitative estimate of drug-likeness (QED) is 0.687. The van der Waals surface area contributed by atoms with Crippen LogP contribution in [0.3, 0.4) is 0 Å². The lowest BCUT2D eigenvalue weighted by Gasteiger charge is -2.24. The molecule has 98 valence electrons. The fraction of sp³-hybridized carbons (Fsp3) is 0.455. The fourth-order valence-corrected chi connectivity index (χ4v) is 2.21. The Labute approximate surface area is 112 Å². The van der Waals surface area contributed by atoms with Crippen LogP contribution in [0.15, 0.2) is 16.6 Å². The van der Waals surface area contributed by atoms with E-state index in [1.807, 2.05) is 0 Å². The van der Waals surface area contributed by atoms with Crippen LogP contribution in [0.5, 0.6) is 0 Å². The summed E-state index contributed by atoms with van der Waals surface area (Å²) in [7, 11) is 0. The van der Waals surface area contributed by atoms with Crippen molar-refractivity contribution >= 4 is 27.3 Å². The van der Waals surface area contributed by atoms with Gasteiger partial charge in [-0.1, -0.05) is 0 Å². The summed E-state index contributed by atoms with van der Waals surface area (Å²) < 4.78 is 18.8. The van der Waals surface area contributed by atoms with Crippen molar-refractivity contribution in [2.75, 3.05) is 18.5 Å². The van der Waals surface area contributed by atoms with Gasteiger partial charge in [0.15, 0.2) is 0 Å². The van der Waals surface area contributed by atoms with Gasteiger partial charge in [-0.15, -0.1) is 0 Å². The molecule has 1 aliphatic heterocycles. The van der Waals surface area contributed by atoms with Crippen molar-refractivity contribution in [3.63, 3.8) is 0 Å². The zero-order chi connectivity index (χ0) is 13.1. The first-order valence-electron chi connectivity index (χ1n) is 5.55. The van der Waals surface area contributed by atoms with Crippen molar-refractivity contribution < 1.29 is 14.1 Å². The third kappa shape index (κ3) is 2.97. The summed E-state index contributed by atoms with van der Waals surface area (Å²) in [6.07, 6.45) is 1.75. The van der Waals surface area contributed by atoms with Gasteiger partial charge in [-0.3, -0.25) is 10.1 Å². The Hall–Kier alpha value is -1.21. The third-order valence-corrected chi connectivity index (χ3v) is 3.36. The van der Waals surface area contributed by atoms with Crippen LogP contribution in [0, 0.1) is 15.9 Å². The van der Waals surface area contributed by atoms with E-state index in [1.54, 1.807) is 0 Å². The molecule has 0 radical (unpaired) electrons. The summed E-state index contributed by atoms with van der Waals surface area (Å²) in [4.78, 5) is 10.4. The van der Waals surface area contributed by atoms with Crippen molar-refractivity contribution in [1.29, 1.82) is 0 Å². The lowest BCUT2D eigenvalue weighted by molar-refractivity contribution is -0.384. The molecule has 18 heavy (non-hydrogen) atoms. The molecular weight excluding hydrogens is 307 g/mol. The molecule has 1 saturated heterocycles. The molecule has 0 spiro atoms. The zero-order valence-electron chi connectivity index (χ0n) is 9.49. The van der Waals surface area contributed by atoms with Gasteiger partial charge in [0.2, 0.25) is 0 Å². The minimum Gasteiger partial charge on any atom is -0.379 e. The first-order valence-corrected chi connectivity index (χ1v) is 6.35. The topological polar surface area (TPSA) is 64.4 Å². The van der Waals surface area contributed by atoms with Gasteiger partial charge in [0.05, 0.1) is 16.0 Å². The van der Waals surface area contributed by atoms with Crippen LogP contribution in [0.25, 0.3) is 0 Å². The number of nitrogens with zero attached hydrogens (tertiary/aromatic N) is 1. The number of hydrogen-bond donors (Lipinski definition) is 1. The van der Waals surface area contributed by atoms with Crippen LogP contribution in [0.4, 0.5) is 15.8 Å². The summed E-state index contributed by atoms with van der Waals surface area (Å²) in [6, 6.07) is 2.29. The normalized spacial score (nSPS) is 19.6. The molecule has 2 rings (SSSR count). The number of halogens is 2. The van der Waals surface area contributed by atoms with Crippen LogP contribution in [-0.2, 0) is 4.74 Å². The number of nitro groups is 1. The predicted molar refractivity (Wildman–Crippen MR) is 68.2 cm³/mol. The van der Waals surface area contributed by atoms with Crippen molar-refractivity contribution in [3.05, 3.63) is 32.5 Å². The number of rotatable bonds is 3. The Morgan fingerprint density at radius 1 is 1.56 bits per heavy atom. The largest absolute Gasteiger partial charge is 0.379 e. The van der Waals surface area contributed by atoms with E-state index in [1.165, 1.54) is 6.07 Å². The average molecular weight is 319 g/mol. The minimum absolute atomic E-state index is 0.0157. The molecule has 1 N–H and O–H groups in total. The van der Waals surface area contributed by atoms with Crippen LogP contribution in [-0.4, -0.2) is 24.2 Å². The SMILES string of the molecule is O=[N+]([O-])c1cc(Br)c(F)cc1NC1CCCOC1. The number of ether oxygens (including phenoxy) is 1. The van der Waals surface area contributed by atoms with Crippen molar-refractivity contribution in [2.24, 2.45) is 0 Å². The summed E-state index contributed by atoms with van der Waals surface area (Å²) >= 11 is 2.94. The second-order valence-electron chi connectivity index (χ2n) is 4.10. The lowest BCUT2D eigenvalue weighted by Crippen LogP contribution is -2.30. The van der Waals surface area contributed by atoms with E-state index in [2.05, 4.69) is 21.2 Å². The van der Waals surface area contributed by atoms with E-state index in [0.29, 0.717) is 13.2 Å². The van der Waals surface area contributed by atoms with Gasteiger partial charge >= 0.3 is 0 Å². The van der Waals surface area contributed by atoms with E-state index in [9.17, 15) is 14.5 Å². The lowest BCUT2D eigenvalue weighted by atomic mass is 10.1.